The third-order valence-electron chi connectivity index (χ3n) is 7.27. The van der Waals surface area contributed by atoms with E-state index in [4.69, 9.17) is 0 Å². The van der Waals surface area contributed by atoms with Crippen molar-refractivity contribution in [3.8, 4) is 0 Å². The SMILES string of the molecule is C/C=C/[C@@H]1C=C[C@@H]2C[C@@H](C)CC[C@@H]2[C@]1(C)/C(O)=C1/C(=O)C(CC)N(C)C1=O. The van der Waals surface area contributed by atoms with Crippen LogP contribution in [0.25, 0.3) is 0 Å². The third kappa shape index (κ3) is 2.97. The van der Waals surface area contributed by atoms with E-state index in [9.17, 15) is 14.7 Å². The second-order valence-electron chi connectivity index (χ2n) is 8.84. The van der Waals surface area contributed by atoms with E-state index in [1.165, 1.54) is 4.90 Å². The fraction of sp³-hybridized carbons (Fsp3) is 0.652. The molecule has 0 spiro atoms. The van der Waals surface area contributed by atoms with E-state index in [0.29, 0.717) is 18.3 Å². The summed E-state index contributed by atoms with van der Waals surface area (Å²) in [6.45, 7) is 8.21. The molecule has 1 heterocycles. The first-order chi connectivity index (χ1) is 12.8. The van der Waals surface area contributed by atoms with Crippen LogP contribution in [0.5, 0.6) is 0 Å². The number of rotatable bonds is 3. The molecule has 0 aromatic rings. The zero-order valence-corrected chi connectivity index (χ0v) is 17.2. The Labute approximate surface area is 163 Å². The second kappa shape index (κ2) is 7.29. The number of likely N-dealkylation sites (N-methyl/N-ethyl adjacent to an activating group) is 1. The van der Waals surface area contributed by atoms with Crippen molar-refractivity contribution in [3.63, 3.8) is 0 Å². The van der Waals surface area contributed by atoms with Crippen LogP contribution in [-0.2, 0) is 9.59 Å². The predicted octanol–water partition coefficient (Wildman–Crippen LogP) is 4.44. The zero-order valence-electron chi connectivity index (χ0n) is 17.2. The lowest BCUT2D eigenvalue weighted by Gasteiger charge is -2.50. The molecule has 1 N–H and O–H groups in total. The number of aliphatic hydroxyl groups excluding tert-OH is 1. The molecule has 1 aliphatic heterocycles. The van der Waals surface area contributed by atoms with Crippen LogP contribution >= 0.6 is 0 Å². The Morgan fingerprint density at radius 3 is 2.63 bits per heavy atom. The maximum absolute atomic E-state index is 12.9. The Kier molecular flexibility index (Phi) is 5.38. The van der Waals surface area contributed by atoms with Crippen molar-refractivity contribution in [3.05, 3.63) is 35.6 Å². The largest absolute Gasteiger partial charge is 0.511 e. The summed E-state index contributed by atoms with van der Waals surface area (Å²) >= 11 is 0. The lowest BCUT2D eigenvalue weighted by atomic mass is 9.54. The summed E-state index contributed by atoms with van der Waals surface area (Å²) in [5, 5.41) is 11.5. The van der Waals surface area contributed by atoms with Crippen molar-refractivity contribution in [2.45, 2.75) is 59.4 Å². The Morgan fingerprint density at radius 2 is 2.04 bits per heavy atom. The number of amides is 1. The van der Waals surface area contributed by atoms with Gasteiger partial charge < -0.3 is 10.0 Å². The first kappa shape index (κ1) is 19.9. The highest BCUT2D eigenvalue weighted by Gasteiger charge is 2.53. The van der Waals surface area contributed by atoms with Crippen LogP contribution in [0.4, 0.5) is 0 Å². The van der Waals surface area contributed by atoms with Gasteiger partial charge in [0.15, 0.2) is 5.78 Å². The monoisotopic (exact) mass is 371 g/mol. The summed E-state index contributed by atoms with van der Waals surface area (Å²) < 4.78 is 0. The number of aliphatic hydroxyl groups is 1. The number of ketones is 1. The van der Waals surface area contributed by atoms with Crippen LogP contribution in [0.3, 0.4) is 0 Å². The van der Waals surface area contributed by atoms with Crippen LogP contribution in [-0.4, -0.2) is 34.8 Å². The van der Waals surface area contributed by atoms with Crippen LogP contribution < -0.4 is 0 Å². The van der Waals surface area contributed by atoms with Gasteiger partial charge >= 0.3 is 0 Å². The number of hydrogen-bond acceptors (Lipinski definition) is 3. The zero-order chi connectivity index (χ0) is 19.9. The van der Waals surface area contributed by atoms with Gasteiger partial charge in [-0.1, -0.05) is 51.5 Å². The topological polar surface area (TPSA) is 57.6 Å². The molecule has 27 heavy (non-hydrogen) atoms. The van der Waals surface area contributed by atoms with Crippen molar-refractivity contribution in [2.75, 3.05) is 7.05 Å². The summed E-state index contributed by atoms with van der Waals surface area (Å²) in [7, 11) is 1.66. The third-order valence-corrected chi connectivity index (χ3v) is 7.27. The molecule has 1 unspecified atom stereocenters. The minimum Gasteiger partial charge on any atom is -0.511 e. The quantitative estimate of drug-likeness (QED) is 0.345. The molecule has 4 nitrogen and oxygen atoms in total. The summed E-state index contributed by atoms with van der Waals surface area (Å²) in [4.78, 5) is 27.3. The molecule has 0 bridgehead atoms. The average molecular weight is 372 g/mol. The summed E-state index contributed by atoms with van der Waals surface area (Å²) in [6.07, 6.45) is 12.3. The van der Waals surface area contributed by atoms with Gasteiger partial charge in [0.2, 0.25) is 0 Å². The molecule has 0 radical (unpaired) electrons. The fourth-order valence-electron chi connectivity index (χ4n) is 5.61. The van der Waals surface area contributed by atoms with E-state index >= 15 is 0 Å². The molecule has 148 valence electrons. The molecule has 6 atom stereocenters. The lowest BCUT2D eigenvalue weighted by molar-refractivity contribution is -0.125. The van der Waals surface area contributed by atoms with E-state index in [1.807, 2.05) is 19.9 Å². The van der Waals surface area contributed by atoms with Crippen LogP contribution in [0.2, 0.25) is 0 Å². The van der Waals surface area contributed by atoms with E-state index in [-0.39, 0.29) is 34.9 Å². The molecule has 0 aromatic heterocycles. The van der Waals surface area contributed by atoms with Crippen LogP contribution in [0, 0.1) is 29.1 Å². The van der Waals surface area contributed by atoms with Crippen LogP contribution in [0.1, 0.15) is 53.4 Å². The van der Waals surface area contributed by atoms with Crippen molar-refractivity contribution in [1.82, 2.24) is 4.90 Å². The normalized spacial score (nSPS) is 41.4. The number of likely N-dealkylation sites (tertiary alicyclic amines) is 1. The van der Waals surface area contributed by atoms with Crippen LogP contribution in [0.15, 0.2) is 35.6 Å². The Bertz CT molecular complexity index is 719. The molecule has 2 fully saturated rings. The predicted molar refractivity (Wildman–Crippen MR) is 107 cm³/mol. The summed E-state index contributed by atoms with van der Waals surface area (Å²) in [5.74, 6) is 0.721. The highest BCUT2D eigenvalue weighted by Crippen LogP contribution is 2.56. The molecule has 1 saturated carbocycles. The first-order valence-electron chi connectivity index (χ1n) is 10.3. The van der Waals surface area contributed by atoms with E-state index < -0.39 is 11.5 Å². The summed E-state index contributed by atoms with van der Waals surface area (Å²) in [6, 6.07) is -0.459. The molecule has 1 amide bonds. The molecular weight excluding hydrogens is 338 g/mol. The molecule has 3 rings (SSSR count). The standard InChI is InChI=1S/C23H33NO3/c1-6-8-16-11-10-15-13-14(3)9-12-17(15)23(16,4)21(26)19-20(25)18(7-2)24(5)22(19)27/h6,8,10-11,14-18,26H,7,9,12-13H2,1-5H3/b8-6+,21-19+/t14-,15+,16+,17-,18?,23+/m0/s1. The smallest absolute Gasteiger partial charge is 0.261 e. The van der Waals surface area contributed by atoms with Gasteiger partial charge in [0, 0.05) is 18.4 Å². The Balaban J connectivity index is 2.14. The molecule has 2 aliphatic carbocycles. The van der Waals surface area contributed by atoms with E-state index in [0.717, 1.165) is 19.3 Å². The number of Topliss-reactive ketones (excluding diaryl/α,β-unsaturated/α-hetero) is 1. The maximum atomic E-state index is 12.9. The molecule has 3 aliphatic rings. The Hall–Kier alpha value is -1.84. The van der Waals surface area contributed by atoms with Crippen molar-refractivity contribution < 1.29 is 14.7 Å². The van der Waals surface area contributed by atoms with Gasteiger partial charge in [-0.25, -0.2) is 0 Å². The molecule has 1 saturated heterocycles. The fourth-order valence-corrected chi connectivity index (χ4v) is 5.61. The highest BCUT2D eigenvalue weighted by molar-refractivity contribution is 6.26. The van der Waals surface area contributed by atoms with Gasteiger partial charge in [-0.2, -0.15) is 0 Å². The lowest BCUT2D eigenvalue weighted by Crippen LogP contribution is -2.45. The molecular formula is C23H33NO3. The number of nitrogens with zero attached hydrogens (tertiary/aromatic N) is 1. The molecule has 0 aromatic carbocycles. The minimum absolute atomic E-state index is 0.0114. The highest BCUT2D eigenvalue weighted by atomic mass is 16.3. The van der Waals surface area contributed by atoms with Gasteiger partial charge in [-0.15, -0.1) is 0 Å². The Morgan fingerprint density at radius 1 is 1.33 bits per heavy atom. The number of hydrogen-bond donors (Lipinski definition) is 1. The van der Waals surface area contributed by atoms with Gasteiger partial charge in [0.05, 0.1) is 6.04 Å². The second-order valence-corrected chi connectivity index (χ2v) is 8.84. The van der Waals surface area contributed by atoms with Gasteiger partial charge in [-0.3, -0.25) is 9.59 Å². The van der Waals surface area contributed by atoms with E-state index in [1.54, 1.807) is 7.05 Å². The van der Waals surface area contributed by atoms with Crippen molar-refractivity contribution in [2.24, 2.45) is 29.1 Å². The van der Waals surface area contributed by atoms with Gasteiger partial charge in [0.25, 0.3) is 5.91 Å². The van der Waals surface area contributed by atoms with E-state index in [2.05, 4.69) is 32.1 Å². The number of carbonyl (C=O) groups is 2. The first-order valence-corrected chi connectivity index (χ1v) is 10.3. The maximum Gasteiger partial charge on any atom is 0.261 e. The average Bonchev–Trinajstić information content (AvgIpc) is 2.85. The van der Waals surface area contributed by atoms with Gasteiger partial charge in [-0.05, 0) is 43.9 Å². The number of allylic oxidation sites excluding steroid dienone is 5. The van der Waals surface area contributed by atoms with Gasteiger partial charge in [0.1, 0.15) is 11.3 Å². The molecule has 4 heteroatoms. The number of fused-ring (bicyclic) bond motifs is 1. The van der Waals surface area contributed by atoms with Crippen molar-refractivity contribution in [1.29, 1.82) is 0 Å². The minimum atomic E-state index is -0.629. The summed E-state index contributed by atoms with van der Waals surface area (Å²) in [5.41, 5.74) is -0.607. The van der Waals surface area contributed by atoms with Crippen molar-refractivity contribution >= 4 is 11.7 Å². The number of carbonyl (C=O) groups excluding carboxylic acids is 2.